The maximum absolute atomic E-state index is 12.6. The van der Waals surface area contributed by atoms with Crippen LogP contribution >= 0.6 is 0 Å². The molecule has 1 atom stereocenters. The van der Waals surface area contributed by atoms with Crippen molar-refractivity contribution < 1.29 is 18.3 Å². The van der Waals surface area contributed by atoms with Crippen LogP contribution in [0.5, 0.6) is 0 Å². The van der Waals surface area contributed by atoms with Crippen molar-refractivity contribution in [3.05, 3.63) is 0 Å². The smallest absolute Gasteiger partial charge is 0.392 e. The quantitative estimate of drug-likeness (QED) is 0.743. The zero-order valence-corrected chi connectivity index (χ0v) is 7.85. The molecule has 82 valence electrons. The van der Waals surface area contributed by atoms with Crippen LogP contribution in [0, 0.1) is 5.41 Å². The molecule has 0 bridgehead atoms. The number of rotatable bonds is 2. The summed E-state index contributed by atoms with van der Waals surface area (Å²) in [5, 5.41) is 9.20. The van der Waals surface area contributed by atoms with Gasteiger partial charge < -0.3 is 5.11 Å². The lowest BCUT2D eigenvalue weighted by Crippen LogP contribution is -2.37. The normalized spacial score (nSPS) is 32.1. The van der Waals surface area contributed by atoms with Crippen LogP contribution in [-0.4, -0.2) is 41.9 Å². The molecule has 1 saturated carbocycles. The molecular formula is C9H14F3NO. The molecule has 2 fully saturated rings. The molecule has 1 heterocycles. The van der Waals surface area contributed by atoms with Gasteiger partial charge >= 0.3 is 6.18 Å². The third kappa shape index (κ3) is 1.75. The van der Waals surface area contributed by atoms with Gasteiger partial charge in [0, 0.05) is 19.6 Å². The number of aliphatic hydroxyl groups excluding tert-OH is 1. The first kappa shape index (κ1) is 10.2. The number of hydrogen-bond donors (Lipinski definition) is 1. The molecule has 0 aromatic heterocycles. The molecule has 2 aliphatic rings. The van der Waals surface area contributed by atoms with Crippen LogP contribution in [0.25, 0.3) is 0 Å². The molecule has 0 radical (unpaired) electrons. The van der Waals surface area contributed by atoms with Gasteiger partial charge in [0.05, 0.1) is 11.5 Å². The van der Waals surface area contributed by atoms with Crippen LogP contribution in [0.3, 0.4) is 0 Å². The van der Waals surface area contributed by atoms with Crippen molar-refractivity contribution in [3.8, 4) is 0 Å². The number of halogens is 3. The molecule has 1 N–H and O–H groups in total. The number of β-amino-alcohol motifs (C(OH)–C–C–N with tert-alkyl or cyclic N) is 1. The van der Waals surface area contributed by atoms with E-state index >= 15 is 0 Å². The molecule has 1 saturated heterocycles. The van der Waals surface area contributed by atoms with Crippen molar-refractivity contribution in [3.63, 3.8) is 0 Å². The van der Waals surface area contributed by atoms with E-state index in [9.17, 15) is 18.3 Å². The molecule has 1 aliphatic heterocycles. The molecule has 0 spiro atoms. The van der Waals surface area contributed by atoms with E-state index in [1.807, 2.05) is 0 Å². The third-order valence-corrected chi connectivity index (χ3v) is 3.23. The molecule has 0 aromatic carbocycles. The Bertz CT molecular complexity index is 225. The van der Waals surface area contributed by atoms with Gasteiger partial charge in [0.1, 0.15) is 0 Å². The summed E-state index contributed by atoms with van der Waals surface area (Å²) in [5.41, 5.74) is -1.45. The Balaban J connectivity index is 1.92. The Morgan fingerprint density at radius 3 is 2.36 bits per heavy atom. The molecular weight excluding hydrogens is 195 g/mol. The van der Waals surface area contributed by atoms with E-state index in [2.05, 4.69) is 0 Å². The van der Waals surface area contributed by atoms with Crippen molar-refractivity contribution in [2.75, 3.05) is 19.6 Å². The summed E-state index contributed by atoms with van der Waals surface area (Å²) in [4.78, 5) is 1.73. The Kier molecular flexibility index (Phi) is 2.27. The van der Waals surface area contributed by atoms with E-state index in [1.165, 1.54) is 0 Å². The second kappa shape index (κ2) is 3.10. The van der Waals surface area contributed by atoms with Gasteiger partial charge in [-0.15, -0.1) is 0 Å². The van der Waals surface area contributed by atoms with Gasteiger partial charge in [0.2, 0.25) is 0 Å². The van der Waals surface area contributed by atoms with E-state index < -0.39 is 17.7 Å². The number of likely N-dealkylation sites (tertiary alicyclic amines) is 1. The van der Waals surface area contributed by atoms with Gasteiger partial charge in [-0.1, -0.05) is 0 Å². The highest BCUT2D eigenvalue weighted by molar-refractivity contribution is 5.02. The predicted octanol–water partition coefficient (Wildman–Crippen LogP) is 1.40. The van der Waals surface area contributed by atoms with Crippen molar-refractivity contribution in [1.29, 1.82) is 0 Å². The van der Waals surface area contributed by atoms with E-state index in [1.54, 1.807) is 4.90 Å². The highest BCUT2D eigenvalue weighted by Crippen LogP contribution is 2.58. The molecule has 2 rings (SSSR count). The average molecular weight is 209 g/mol. The second-order valence-corrected chi connectivity index (χ2v) is 4.46. The first-order valence-corrected chi connectivity index (χ1v) is 4.90. The SMILES string of the molecule is O[C@H]1CCN(CC2(C(F)(F)F)CC2)C1. The van der Waals surface area contributed by atoms with Crippen LogP contribution in [0.1, 0.15) is 19.3 Å². The van der Waals surface area contributed by atoms with Gasteiger partial charge in [-0.2, -0.15) is 13.2 Å². The number of nitrogens with zero attached hydrogens (tertiary/aromatic N) is 1. The van der Waals surface area contributed by atoms with E-state index in [0.717, 1.165) is 0 Å². The number of aliphatic hydroxyl groups is 1. The Morgan fingerprint density at radius 2 is 2.00 bits per heavy atom. The number of hydrogen-bond acceptors (Lipinski definition) is 2. The van der Waals surface area contributed by atoms with E-state index in [-0.39, 0.29) is 19.4 Å². The predicted molar refractivity (Wildman–Crippen MR) is 44.8 cm³/mol. The van der Waals surface area contributed by atoms with Crippen LogP contribution in [-0.2, 0) is 0 Å². The van der Waals surface area contributed by atoms with Crippen molar-refractivity contribution in [1.82, 2.24) is 4.90 Å². The van der Waals surface area contributed by atoms with Crippen LogP contribution in [0.15, 0.2) is 0 Å². The summed E-state index contributed by atoms with van der Waals surface area (Å²) in [6.07, 6.45) is -3.39. The monoisotopic (exact) mass is 209 g/mol. The van der Waals surface area contributed by atoms with Crippen molar-refractivity contribution >= 4 is 0 Å². The molecule has 2 nitrogen and oxygen atoms in total. The summed E-state index contributed by atoms with van der Waals surface area (Å²) in [7, 11) is 0. The van der Waals surface area contributed by atoms with Crippen LogP contribution < -0.4 is 0 Å². The fourth-order valence-electron chi connectivity index (χ4n) is 2.07. The van der Waals surface area contributed by atoms with Gasteiger partial charge in [0.15, 0.2) is 0 Å². The zero-order chi connectivity index (χ0) is 10.4. The highest BCUT2D eigenvalue weighted by Gasteiger charge is 2.63. The molecule has 1 aliphatic carbocycles. The van der Waals surface area contributed by atoms with Crippen molar-refractivity contribution in [2.45, 2.75) is 31.5 Å². The Morgan fingerprint density at radius 1 is 1.36 bits per heavy atom. The van der Waals surface area contributed by atoms with Gasteiger partial charge in [-0.3, -0.25) is 4.90 Å². The molecule has 5 heteroatoms. The van der Waals surface area contributed by atoms with E-state index in [0.29, 0.717) is 19.5 Å². The molecule has 14 heavy (non-hydrogen) atoms. The average Bonchev–Trinajstić information content (AvgIpc) is 2.71. The lowest BCUT2D eigenvalue weighted by molar-refractivity contribution is -0.191. The lowest BCUT2D eigenvalue weighted by Gasteiger charge is -2.25. The minimum Gasteiger partial charge on any atom is -0.392 e. The summed E-state index contributed by atoms with van der Waals surface area (Å²) < 4.78 is 37.7. The Hall–Kier alpha value is -0.290. The summed E-state index contributed by atoms with van der Waals surface area (Å²) in [5.74, 6) is 0. The van der Waals surface area contributed by atoms with Gasteiger partial charge in [-0.05, 0) is 19.3 Å². The minimum atomic E-state index is -4.07. The molecule has 0 aromatic rings. The second-order valence-electron chi connectivity index (χ2n) is 4.46. The summed E-state index contributed by atoms with van der Waals surface area (Å²) >= 11 is 0. The number of alkyl halides is 3. The third-order valence-electron chi connectivity index (χ3n) is 3.23. The van der Waals surface area contributed by atoms with E-state index in [4.69, 9.17) is 0 Å². The standard InChI is InChI=1S/C9H14F3NO/c10-9(11,12)8(2-3-8)6-13-4-1-7(14)5-13/h7,14H,1-6H2/t7-/m0/s1. The zero-order valence-electron chi connectivity index (χ0n) is 7.85. The Labute approximate surface area is 80.7 Å². The largest absolute Gasteiger partial charge is 0.395 e. The van der Waals surface area contributed by atoms with Gasteiger partial charge in [-0.25, -0.2) is 0 Å². The van der Waals surface area contributed by atoms with Crippen LogP contribution in [0.4, 0.5) is 13.2 Å². The highest BCUT2D eigenvalue weighted by atomic mass is 19.4. The van der Waals surface area contributed by atoms with Crippen molar-refractivity contribution in [2.24, 2.45) is 5.41 Å². The summed E-state index contributed by atoms with van der Waals surface area (Å²) in [6, 6.07) is 0. The first-order chi connectivity index (χ1) is 6.43. The maximum Gasteiger partial charge on any atom is 0.395 e. The summed E-state index contributed by atoms with van der Waals surface area (Å²) in [6.45, 7) is 1.07. The fourth-order valence-corrected chi connectivity index (χ4v) is 2.07. The lowest BCUT2D eigenvalue weighted by atomic mass is 10.1. The fraction of sp³-hybridized carbons (Fsp3) is 1.00. The molecule has 0 unspecified atom stereocenters. The molecule has 0 amide bonds. The topological polar surface area (TPSA) is 23.5 Å². The maximum atomic E-state index is 12.6. The first-order valence-electron chi connectivity index (χ1n) is 4.90. The van der Waals surface area contributed by atoms with Crippen LogP contribution in [0.2, 0.25) is 0 Å². The minimum absolute atomic E-state index is 0.0769. The van der Waals surface area contributed by atoms with Gasteiger partial charge in [0.25, 0.3) is 0 Å².